The molecule has 1 rings (SSSR count). The molecule has 0 aromatic heterocycles. The highest BCUT2D eigenvalue weighted by atomic mass is 28.4. The van der Waals surface area contributed by atoms with Crippen LogP contribution in [-0.2, 0) is 9.16 Å². The molecular weight excluding hydrogens is 180 g/mol. The second kappa shape index (κ2) is 4.29. The van der Waals surface area contributed by atoms with Gasteiger partial charge in [-0.15, -0.1) is 0 Å². The van der Waals surface area contributed by atoms with Crippen LogP contribution in [0.15, 0.2) is 11.8 Å². The zero-order chi connectivity index (χ0) is 9.90. The van der Waals surface area contributed by atoms with Gasteiger partial charge in [0, 0.05) is 0 Å². The molecule has 1 heterocycles. The zero-order valence-corrected chi connectivity index (χ0v) is 10.1. The van der Waals surface area contributed by atoms with Crippen molar-refractivity contribution in [3.63, 3.8) is 0 Å². The fraction of sp³-hybridized carbons (Fsp3) is 0.800. The van der Waals surface area contributed by atoms with Gasteiger partial charge >= 0.3 is 0 Å². The first kappa shape index (κ1) is 10.8. The van der Waals surface area contributed by atoms with Crippen LogP contribution in [-0.4, -0.2) is 21.0 Å². The van der Waals surface area contributed by atoms with Crippen LogP contribution < -0.4 is 0 Å². The number of ether oxygens (including phenoxy) is 1. The molecule has 0 aromatic rings. The van der Waals surface area contributed by atoms with Gasteiger partial charge in [0.2, 0.25) is 8.32 Å². The summed E-state index contributed by atoms with van der Waals surface area (Å²) in [6.45, 7) is 9.57. The minimum absolute atomic E-state index is 0.366. The summed E-state index contributed by atoms with van der Waals surface area (Å²) in [5.74, 6) is 0. The van der Waals surface area contributed by atoms with Crippen molar-refractivity contribution in [2.24, 2.45) is 0 Å². The molecule has 1 atom stereocenters. The Labute approximate surface area is 82.1 Å². The Morgan fingerprint density at radius 2 is 2.15 bits per heavy atom. The van der Waals surface area contributed by atoms with Gasteiger partial charge in [-0.25, -0.2) is 0 Å². The van der Waals surface area contributed by atoms with Crippen molar-refractivity contribution >= 4 is 8.32 Å². The molecule has 76 valence electrons. The van der Waals surface area contributed by atoms with Crippen molar-refractivity contribution in [1.29, 1.82) is 0 Å². The number of hydrogen-bond donors (Lipinski definition) is 0. The van der Waals surface area contributed by atoms with E-state index in [0.717, 1.165) is 19.4 Å². The summed E-state index contributed by atoms with van der Waals surface area (Å²) in [5.41, 5.74) is 1.40. The number of rotatable bonds is 2. The Bertz CT molecular complexity index is 194. The summed E-state index contributed by atoms with van der Waals surface area (Å²) in [4.78, 5) is 0. The molecule has 1 aliphatic rings. The number of hydrogen-bond acceptors (Lipinski definition) is 2. The third-order valence-electron chi connectivity index (χ3n) is 1.95. The van der Waals surface area contributed by atoms with Gasteiger partial charge in [-0.05, 0) is 45.0 Å². The van der Waals surface area contributed by atoms with Crippen LogP contribution in [0.2, 0.25) is 19.6 Å². The van der Waals surface area contributed by atoms with E-state index in [2.05, 4.69) is 26.6 Å². The average molecular weight is 200 g/mol. The molecule has 0 bridgehead atoms. The van der Waals surface area contributed by atoms with E-state index < -0.39 is 8.32 Å². The molecular formula is C10H20O2Si. The largest absolute Gasteiger partial charge is 0.550 e. The molecule has 0 amide bonds. The van der Waals surface area contributed by atoms with Crippen LogP contribution in [0, 0.1) is 0 Å². The predicted molar refractivity (Wildman–Crippen MR) is 57.2 cm³/mol. The van der Waals surface area contributed by atoms with Crippen molar-refractivity contribution < 1.29 is 9.16 Å². The summed E-state index contributed by atoms with van der Waals surface area (Å²) < 4.78 is 11.2. The molecule has 0 N–H and O–H groups in total. The standard InChI is InChI=1S/C10H20O2Si/c1-9-7-10(5-6-11-9)8-12-13(2,3)4/h8-9H,5-7H2,1-4H3/b10-8+. The quantitative estimate of drug-likeness (QED) is 0.504. The summed E-state index contributed by atoms with van der Waals surface area (Å²) in [6.07, 6.45) is 4.41. The van der Waals surface area contributed by atoms with Gasteiger partial charge in [-0.3, -0.25) is 0 Å². The molecule has 2 nitrogen and oxygen atoms in total. The van der Waals surface area contributed by atoms with Gasteiger partial charge in [0.05, 0.1) is 19.0 Å². The van der Waals surface area contributed by atoms with E-state index in [-0.39, 0.29) is 0 Å². The second-order valence-electron chi connectivity index (χ2n) is 4.64. The smallest absolute Gasteiger partial charge is 0.241 e. The van der Waals surface area contributed by atoms with Gasteiger partial charge in [0.1, 0.15) is 0 Å². The molecule has 0 radical (unpaired) electrons. The van der Waals surface area contributed by atoms with Crippen molar-refractivity contribution in [3.05, 3.63) is 11.8 Å². The predicted octanol–water partition coefficient (Wildman–Crippen LogP) is 2.92. The first-order valence-electron chi connectivity index (χ1n) is 4.95. The molecule has 1 unspecified atom stereocenters. The zero-order valence-electron chi connectivity index (χ0n) is 9.09. The summed E-state index contributed by atoms with van der Waals surface area (Å²) in [7, 11) is -1.38. The minimum atomic E-state index is -1.38. The lowest BCUT2D eigenvalue weighted by molar-refractivity contribution is 0.0476. The van der Waals surface area contributed by atoms with Crippen LogP contribution in [0.5, 0.6) is 0 Å². The Balaban J connectivity index is 2.42. The maximum atomic E-state index is 5.74. The minimum Gasteiger partial charge on any atom is -0.550 e. The Morgan fingerprint density at radius 3 is 2.69 bits per heavy atom. The van der Waals surface area contributed by atoms with Crippen LogP contribution >= 0.6 is 0 Å². The lowest BCUT2D eigenvalue weighted by atomic mass is 10.1. The maximum Gasteiger partial charge on any atom is 0.241 e. The Kier molecular flexibility index (Phi) is 3.56. The monoisotopic (exact) mass is 200 g/mol. The molecule has 1 aliphatic heterocycles. The molecule has 0 saturated carbocycles. The lowest BCUT2D eigenvalue weighted by Crippen LogP contribution is -2.23. The van der Waals surface area contributed by atoms with Gasteiger partial charge in [-0.2, -0.15) is 0 Å². The first-order valence-corrected chi connectivity index (χ1v) is 8.35. The van der Waals surface area contributed by atoms with Crippen molar-refractivity contribution in [2.45, 2.75) is 45.5 Å². The second-order valence-corrected chi connectivity index (χ2v) is 9.10. The van der Waals surface area contributed by atoms with Gasteiger partial charge < -0.3 is 9.16 Å². The highest BCUT2D eigenvalue weighted by Crippen LogP contribution is 2.19. The van der Waals surface area contributed by atoms with E-state index in [1.165, 1.54) is 5.57 Å². The van der Waals surface area contributed by atoms with Crippen LogP contribution in [0.1, 0.15) is 19.8 Å². The lowest BCUT2D eigenvalue weighted by Gasteiger charge is -2.23. The summed E-state index contributed by atoms with van der Waals surface area (Å²) >= 11 is 0. The van der Waals surface area contributed by atoms with Crippen molar-refractivity contribution in [1.82, 2.24) is 0 Å². The third-order valence-corrected chi connectivity index (χ3v) is 2.78. The van der Waals surface area contributed by atoms with Crippen LogP contribution in [0.4, 0.5) is 0 Å². The fourth-order valence-electron chi connectivity index (χ4n) is 1.29. The van der Waals surface area contributed by atoms with E-state index in [1.54, 1.807) is 0 Å². The average Bonchev–Trinajstić information content (AvgIpc) is 2.00. The molecule has 1 saturated heterocycles. The molecule has 0 spiro atoms. The van der Waals surface area contributed by atoms with E-state index in [9.17, 15) is 0 Å². The third kappa shape index (κ3) is 4.48. The van der Waals surface area contributed by atoms with E-state index in [0.29, 0.717) is 6.10 Å². The van der Waals surface area contributed by atoms with Crippen LogP contribution in [0.3, 0.4) is 0 Å². The van der Waals surface area contributed by atoms with E-state index in [1.807, 2.05) is 6.26 Å². The van der Waals surface area contributed by atoms with E-state index >= 15 is 0 Å². The Hall–Kier alpha value is -0.283. The van der Waals surface area contributed by atoms with Gasteiger partial charge in [0.15, 0.2) is 0 Å². The highest BCUT2D eigenvalue weighted by Gasteiger charge is 2.16. The fourth-order valence-corrected chi connectivity index (χ4v) is 1.81. The van der Waals surface area contributed by atoms with Crippen LogP contribution in [0.25, 0.3) is 0 Å². The van der Waals surface area contributed by atoms with Gasteiger partial charge in [-0.1, -0.05) is 0 Å². The molecule has 0 aromatic carbocycles. The van der Waals surface area contributed by atoms with Crippen molar-refractivity contribution in [3.8, 4) is 0 Å². The van der Waals surface area contributed by atoms with E-state index in [4.69, 9.17) is 9.16 Å². The van der Waals surface area contributed by atoms with Gasteiger partial charge in [0.25, 0.3) is 0 Å². The molecule has 1 fully saturated rings. The maximum absolute atomic E-state index is 5.74. The summed E-state index contributed by atoms with van der Waals surface area (Å²) in [5, 5.41) is 0. The normalized spacial score (nSPS) is 27.7. The molecule has 13 heavy (non-hydrogen) atoms. The topological polar surface area (TPSA) is 18.5 Å². The molecule has 3 heteroatoms. The van der Waals surface area contributed by atoms with Crippen molar-refractivity contribution in [2.75, 3.05) is 6.61 Å². The SMILES string of the molecule is CC1C/C(=C/O[Si](C)(C)C)CCO1. The molecule has 0 aliphatic carbocycles. The highest BCUT2D eigenvalue weighted by molar-refractivity contribution is 6.69. The first-order chi connectivity index (χ1) is 5.97. The summed E-state index contributed by atoms with van der Waals surface area (Å²) in [6, 6.07) is 0. The Morgan fingerprint density at radius 1 is 1.46 bits per heavy atom.